The normalized spacial score (nSPS) is 34.0. The van der Waals surface area contributed by atoms with Gasteiger partial charge in [-0.1, -0.05) is 73.1 Å². The van der Waals surface area contributed by atoms with Crippen LogP contribution in [0.3, 0.4) is 0 Å². The molecule has 0 aromatic rings. The van der Waals surface area contributed by atoms with Crippen LogP contribution < -0.4 is 5.32 Å². The van der Waals surface area contributed by atoms with Gasteiger partial charge in [-0.25, -0.2) is 0 Å². The summed E-state index contributed by atoms with van der Waals surface area (Å²) < 4.78 is 0. The summed E-state index contributed by atoms with van der Waals surface area (Å²) in [6, 6.07) is 0. The van der Waals surface area contributed by atoms with Crippen LogP contribution in [0.25, 0.3) is 0 Å². The zero-order valence-electron chi connectivity index (χ0n) is 16.6. The van der Waals surface area contributed by atoms with Crippen LogP contribution in [0.5, 0.6) is 0 Å². The number of hydrogen-bond acceptors (Lipinski definition) is 1. The lowest BCUT2D eigenvalue weighted by atomic mass is 9.73. The molecule has 0 bridgehead atoms. The Morgan fingerprint density at radius 1 is 0.826 bits per heavy atom. The summed E-state index contributed by atoms with van der Waals surface area (Å²) in [5.74, 6) is 6.53. The Bertz CT molecular complexity index is 322. The first kappa shape index (κ1) is 19.3. The summed E-state index contributed by atoms with van der Waals surface area (Å²) in [6.45, 7) is 14.7. The van der Waals surface area contributed by atoms with Crippen molar-refractivity contribution in [3.05, 3.63) is 0 Å². The van der Waals surface area contributed by atoms with Crippen LogP contribution in [0.1, 0.15) is 86.0 Å². The average Bonchev–Trinajstić information content (AvgIpc) is 2.55. The van der Waals surface area contributed by atoms with Crippen LogP contribution >= 0.6 is 0 Å². The molecule has 1 saturated carbocycles. The van der Waals surface area contributed by atoms with E-state index in [2.05, 4.69) is 39.9 Å². The molecule has 2 fully saturated rings. The molecule has 0 aromatic carbocycles. The molecule has 2 aliphatic rings. The second-order valence-electron chi connectivity index (χ2n) is 9.60. The highest BCUT2D eigenvalue weighted by Crippen LogP contribution is 2.37. The van der Waals surface area contributed by atoms with Gasteiger partial charge in [-0.15, -0.1) is 0 Å². The zero-order chi connectivity index (χ0) is 16.8. The van der Waals surface area contributed by atoms with Gasteiger partial charge in [-0.3, -0.25) is 0 Å². The maximum absolute atomic E-state index is 3.71. The molecule has 136 valence electrons. The Balaban J connectivity index is 1.67. The summed E-state index contributed by atoms with van der Waals surface area (Å²) in [5.41, 5.74) is 0. The van der Waals surface area contributed by atoms with E-state index in [9.17, 15) is 0 Å². The second-order valence-corrected chi connectivity index (χ2v) is 9.60. The minimum Gasteiger partial charge on any atom is -0.316 e. The molecule has 0 spiro atoms. The Morgan fingerprint density at radius 2 is 1.52 bits per heavy atom. The van der Waals surface area contributed by atoms with Crippen molar-refractivity contribution in [2.45, 2.75) is 86.0 Å². The largest absolute Gasteiger partial charge is 0.316 e. The van der Waals surface area contributed by atoms with E-state index in [1.807, 2.05) is 0 Å². The highest BCUT2D eigenvalue weighted by molar-refractivity contribution is 4.81. The van der Waals surface area contributed by atoms with Crippen LogP contribution in [0.2, 0.25) is 0 Å². The molecule has 0 aromatic heterocycles. The van der Waals surface area contributed by atoms with Crippen molar-refractivity contribution in [1.29, 1.82) is 0 Å². The summed E-state index contributed by atoms with van der Waals surface area (Å²) in [5, 5.41) is 3.71. The van der Waals surface area contributed by atoms with E-state index in [1.54, 1.807) is 0 Å². The van der Waals surface area contributed by atoms with Gasteiger partial charge in [0.25, 0.3) is 0 Å². The topological polar surface area (TPSA) is 12.0 Å². The molecule has 0 radical (unpaired) electrons. The second kappa shape index (κ2) is 9.44. The standard InChI is InChI=1S/C22H43N/c1-16(2)20-11-7-10-19(12-20)9-6-8-18(5)22-13-21(17(3)4)14-23-15-22/h16-23H,6-15H2,1-5H3. The molecular weight excluding hydrogens is 278 g/mol. The van der Waals surface area contributed by atoms with Gasteiger partial charge in [0.15, 0.2) is 0 Å². The first-order valence-corrected chi connectivity index (χ1v) is 10.7. The third-order valence-corrected chi connectivity index (χ3v) is 7.20. The fourth-order valence-corrected chi connectivity index (χ4v) is 5.12. The third kappa shape index (κ3) is 6.07. The fraction of sp³-hybridized carbons (Fsp3) is 1.00. The van der Waals surface area contributed by atoms with Gasteiger partial charge in [0, 0.05) is 0 Å². The molecule has 1 N–H and O–H groups in total. The van der Waals surface area contributed by atoms with Crippen molar-refractivity contribution in [2.75, 3.05) is 13.1 Å². The maximum atomic E-state index is 3.71. The first-order chi connectivity index (χ1) is 11.0. The summed E-state index contributed by atoms with van der Waals surface area (Å²) in [4.78, 5) is 0. The average molecular weight is 322 g/mol. The van der Waals surface area contributed by atoms with Crippen molar-refractivity contribution >= 4 is 0 Å². The van der Waals surface area contributed by atoms with Gasteiger partial charge in [0.2, 0.25) is 0 Å². The van der Waals surface area contributed by atoms with Crippen LogP contribution in [0.15, 0.2) is 0 Å². The smallest absolute Gasteiger partial charge is 0.00177 e. The minimum atomic E-state index is 0.840. The molecule has 1 heterocycles. The number of hydrogen-bond donors (Lipinski definition) is 1. The molecule has 1 nitrogen and oxygen atoms in total. The summed E-state index contributed by atoms with van der Waals surface area (Å²) in [6.07, 6.45) is 11.9. The van der Waals surface area contributed by atoms with E-state index in [-0.39, 0.29) is 0 Å². The van der Waals surface area contributed by atoms with Crippen LogP contribution in [-0.2, 0) is 0 Å². The van der Waals surface area contributed by atoms with E-state index >= 15 is 0 Å². The Kier molecular flexibility index (Phi) is 7.92. The van der Waals surface area contributed by atoms with Crippen LogP contribution in [-0.4, -0.2) is 13.1 Å². The molecule has 1 heteroatoms. The predicted octanol–water partition coefficient (Wildman–Crippen LogP) is 6.14. The van der Waals surface area contributed by atoms with Gasteiger partial charge >= 0.3 is 0 Å². The van der Waals surface area contributed by atoms with Gasteiger partial charge in [-0.05, 0) is 67.4 Å². The molecule has 1 aliphatic heterocycles. The van der Waals surface area contributed by atoms with Gasteiger partial charge in [-0.2, -0.15) is 0 Å². The molecule has 1 saturated heterocycles. The van der Waals surface area contributed by atoms with E-state index < -0.39 is 0 Å². The molecular formula is C22H43N. The lowest BCUT2D eigenvalue weighted by molar-refractivity contribution is 0.171. The molecule has 1 aliphatic carbocycles. The number of piperidine rings is 1. The van der Waals surface area contributed by atoms with Gasteiger partial charge in [0.1, 0.15) is 0 Å². The van der Waals surface area contributed by atoms with E-state index in [0.717, 1.165) is 41.4 Å². The van der Waals surface area contributed by atoms with E-state index in [1.165, 1.54) is 64.5 Å². The summed E-state index contributed by atoms with van der Waals surface area (Å²) in [7, 11) is 0. The third-order valence-electron chi connectivity index (χ3n) is 7.20. The van der Waals surface area contributed by atoms with Crippen molar-refractivity contribution < 1.29 is 0 Å². The number of rotatable bonds is 7. The van der Waals surface area contributed by atoms with Crippen LogP contribution in [0.4, 0.5) is 0 Å². The van der Waals surface area contributed by atoms with Crippen molar-refractivity contribution in [3.8, 4) is 0 Å². The highest BCUT2D eigenvalue weighted by Gasteiger charge is 2.28. The SMILES string of the molecule is CC(C)C1CCCC(CCCC(C)C2CNCC(C(C)C)C2)C1. The van der Waals surface area contributed by atoms with Crippen LogP contribution in [0, 0.1) is 41.4 Å². The monoisotopic (exact) mass is 321 g/mol. The summed E-state index contributed by atoms with van der Waals surface area (Å²) >= 11 is 0. The van der Waals surface area contributed by atoms with Gasteiger partial charge in [0.05, 0.1) is 0 Å². The predicted molar refractivity (Wildman–Crippen MR) is 103 cm³/mol. The lowest BCUT2D eigenvalue weighted by Crippen LogP contribution is -2.40. The highest BCUT2D eigenvalue weighted by atomic mass is 14.9. The molecule has 2 rings (SSSR count). The Labute approximate surface area is 146 Å². The number of nitrogens with one attached hydrogen (secondary N) is 1. The Morgan fingerprint density at radius 3 is 2.22 bits per heavy atom. The van der Waals surface area contributed by atoms with Gasteiger partial charge < -0.3 is 5.32 Å². The Hall–Kier alpha value is -0.0400. The van der Waals surface area contributed by atoms with Crippen molar-refractivity contribution in [3.63, 3.8) is 0 Å². The molecule has 5 unspecified atom stereocenters. The molecule has 23 heavy (non-hydrogen) atoms. The first-order valence-electron chi connectivity index (χ1n) is 10.7. The molecule has 5 atom stereocenters. The van der Waals surface area contributed by atoms with Crippen molar-refractivity contribution in [2.24, 2.45) is 41.4 Å². The lowest BCUT2D eigenvalue weighted by Gasteiger charge is -2.36. The van der Waals surface area contributed by atoms with Crippen molar-refractivity contribution in [1.82, 2.24) is 5.32 Å². The van der Waals surface area contributed by atoms with E-state index in [0.29, 0.717) is 0 Å². The zero-order valence-corrected chi connectivity index (χ0v) is 16.6. The van der Waals surface area contributed by atoms with E-state index in [4.69, 9.17) is 0 Å². The minimum absolute atomic E-state index is 0.840. The maximum Gasteiger partial charge on any atom is -0.00177 e. The molecule has 0 amide bonds. The fourth-order valence-electron chi connectivity index (χ4n) is 5.12. The quantitative estimate of drug-likeness (QED) is 0.594.